The summed E-state index contributed by atoms with van der Waals surface area (Å²) in [6.45, 7) is 6.42. The third-order valence-electron chi connectivity index (χ3n) is 3.09. The van der Waals surface area contributed by atoms with Gasteiger partial charge in [-0.2, -0.15) is 0 Å². The van der Waals surface area contributed by atoms with E-state index in [0.29, 0.717) is 0 Å². The molecular weight excluding hydrogens is 226 g/mol. The van der Waals surface area contributed by atoms with Crippen molar-refractivity contribution in [3.05, 3.63) is 56.8 Å². The second kappa shape index (κ2) is 5.03. The van der Waals surface area contributed by atoms with E-state index in [1.807, 2.05) is 11.3 Å². The maximum absolute atomic E-state index is 6.27. The Morgan fingerprint density at radius 1 is 1.18 bits per heavy atom. The van der Waals surface area contributed by atoms with Gasteiger partial charge < -0.3 is 5.73 Å². The Bertz CT molecular complexity index is 494. The van der Waals surface area contributed by atoms with Gasteiger partial charge in [0.25, 0.3) is 0 Å². The van der Waals surface area contributed by atoms with E-state index in [-0.39, 0.29) is 6.04 Å². The summed E-state index contributed by atoms with van der Waals surface area (Å²) < 4.78 is 0. The highest BCUT2D eigenvalue weighted by atomic mass is 32.1. The van der Waals surface area contributed by atoms with Crippen LogP contribution >= 0.6 is 11.3 Å². The molecule has 0 aliphatic rings. The van der Waals surface area contributed by atoms with Crippen molar-refractivity contribution < 1.29 is 0 Å². The molecule has 0 fully saturated rings. The van der Waals surface area contributed by atoms with Crippen LogP contribution in [0.5, 0.6) is 0 Å². The van der Waals surface area contributed by atoms with Crippen molar-refractivity contribution in [3.8, 4) is 0 Å². The molecule has 0 saturated heterocycles. The van der Waals surface area contributed by atoms with Crippen LogP contribution in [0.1, 0.15) is 32.5 Å². The number of aryl methyl sites for hydroxylation is 3. The first-order chi connectivity index (χ1) is 8.06. The van der Waals surface area contributed by atoms with Crippen LogP contribution < -0.4 is 5.73 Å². The maximum Gasteiger partial charge on any atom is 0.0430 e. The Labute approximate surface area is 107 Å². The lowest BCUT2D eigenvalue weighted by molar-refractivity contribution is 0.736. The lowest BCUT2D eigenvalue weighted by Gasteiger charge is -2.10. The smallest absolute Gasteiger partial charge is 0.0430 e. The molecular formula is C15H19NS. The lowest BCUT2D eigenvalue weighted by atomic mass is 10.0. The standard InChI is InChI=1S/C15H19NS/c1-10-5-4-6-13(7-10)9-14(16)15-8-11(2)12(3)17-15/h4-8,14H,9,16H2,1-3H3. The number of benzene rings is 1. The van der Waals surface area contributed by atoms with Gasteiger partial charge in [0.1, 0.15) is 0 Å². The number of rotatable bonds is 3. The maximum atomic E-state index is 6.27. The van der Waals surface area contributed by atoms with Gasteiger partial charge in [-0.15, -0.1) is 11.3 Å². The highest BCUT2D eigenvalue weighted by molar-refractivity contribution is 7.12. The first kappa shape index (κ1) is 12.3. The van der Waals surface area contributed by atoms with E-state index in [1.165, 1.54) is 26.4 Å². The van der Waals surface area contributed by atoms with Crippen molar-refractivity contribution in [1.82, 2.24) is 0 Å². The topological polar surface area (TPSA) is 26.0 Å². The van der Waals surface area contributed by atoms with Gasteiger partial charge in [-0.1, -0.05) is 29.8 Å². The van der Waals surface area contributed by atoms with Gasteiger partial charge in [0.15, 0.2) is 0 Å². The van der Waals surface area contributed by atoms with Crippen LogP contribution in [0.4, 0.5) is 0 Å². The molecule has 1 aromatic carbocycles. The van der Waals surface area contributed by atoms with Crippen LogP contribution in [0.15, 0.2) is 30.3 Å². The SMILES string of the molecule is Cc1cccc(CC(N)c2cc(C)c(C)s2)c1. The van der Waals surface area contributed by atoms with Crippen LogP contribution in [0.2, 0.25) is 0 Å². The Hall–Kier alpha value is -1.12. The molecule has 0 spiro atoms. The van der Waals surface area contributed by atoms with Crippen molar-refractivity contribution in [2.24, 2.45) is 5.73 Å². The Kier molecular flexibility index (Phi) is 3.65. The van der Waals surface area contributed by atoms with Crippen LogP contribution in [0, 0.1) is 20.8 Å². The highest BCUT2D eigenvalue weighted by Crippen LogP contribution is 2.27. The van der Waals surface area contributed by atoms with E-state index < -0.39 is 0 Å². The van der Waals surface area contributed by atoms with Gasteiger partial charge in [-0.25, -0.2) is 0 Å². The van der Waals surface area contributed by atoms with Gasteiger partial charge in [0, 0.05) is 15.8 Å². The molecule has 1 heterocycles. The monoisotopic (exact) mass is 245 g/mol. The molecule has 0 bridgehead atoms. The summed E-state index contributed by atoms with van der Waals surface area (Å²) in [5.41, 5.74) is 10.2. The molecule has 2 heteroatoms. The minimum Gasteiger partial charge on any atom is -0.323 e. The lowest BCUT2D eigenvalue weighted by Crippen LogP contribution is -2.11. The van der Waals surface area contributed by atoms with Gasteiger partial charge >= 0.3 is 0 Å². The fourth-order valence-corrected chi connectivity index (χ4v) is 3.02. The summed E-state index contributed by atoms with van der Waals surface area (Å²) >= 11 is 1.82. The number of thiophene rings is 1. The van der Waals surface area contributed by atoms with Crippen molar-refractivity contribution in [3.63, 3.8) is 0 Å². The molecule has 17 heavy (non-hydrogen) atoms. The first-order valence-electron chi connectivity index (χ1n) is 5.94. The quantitative estimate of drug-likeness (QED) is 0.871. The molecule has 0 amide bonds. The molecule has 1 aromatic heterocycles. The predicted molar refractivity (Wildman–Crippen MR) is 75.6 cm³/mol. The van der Waals surface area contributed by atoms with Crippen molar-refractivity contribution >= 4 is 11.3 Å². The number of nitrogens with two attached hydrogens (primary N) is 1. The fourth-order valence-electron chi connectivity index (χ4n) is 1.98. The summed E-state index contributed by atoms with van der Waals surface area (Å²) in [6.07, 6.45) is 0.918. The van der Waals surface area contributed by atoms with E-state index in [0.717, 1.165) is 6.42 Å². The summed E-state index contributed by atoms with van der Waals surface area (Å²) in [5.74, 6) is 0. The van der Waals surface area contributed by atoms with Crippen molar-refractivity contribution in [2.75, 3.05) is 0 Å². The molecule has 2 aromatic rings. The molecule has 90 valence electrons. The third kappa shape index (κ3) is 2.96. The zero-order valence-electron chi connectivity index (χ0n) is 10.7. The van der Waals surface area contributed by atoms with Gasteiger partial charge in [0.2, 0.25) is 0 Å². The fraction of sp³-hybridized carbons (Fsp3) is 0.333. The molecule has 2 N–H and O–H groups in total. The Morgan fingerprint density at radius 3 is 2.53 bits per heavy atom. The summed E-state index contributed by atoms with van der Waals surface area (Å²) in [5, 5.41) is 0. The van der Waals surface area contributed by atoms with Gasteiger partial charge in [-0.05, 0) is 44.4 Å². The third-order valence-corrected chi connectivity index (χ3v) is 4.37. The second-order valence-electron chi connectivity index (χ2n) is 4.69. The minimum atomic E-state index is 0.120. The zero-order valence-corrected chi connectivity index (χ0v) is 11.5. The molecule has 0 saturated carbocycles. The predicted octanol–water partition coefficient (Wildman–Crippen LogP) is 3.92. The van der Waals surface area contributed by atoms with Gasteiger partial charge in [-0.3, -0.25) is 0 Å². The molecule has 1 nitrogen and oxygen atoms in total. The molecule has 0 aliphatic heterocycles. The summed E-state index contributed by atoms with van der Waals surface area (Å²) in [4.78, 5) is 2.67. The molecule has 0 aliphatic carbocycles. The van der Waals surface area contributed by atoms with E-state index >= 15 is 0 Å². The van der Waals surface area contributed by atoms with E-state index in [4.69, 9.17) is 5.73 Å². The van der Waals surface area contributed by atoms with Crippen LogP contribution in [0.25, 0.3) is 0 Å². The normalized spacial score (nSPS) is 12.7. The van der Waals surface area contributed by atoms with Crippen LogP contribution in [0.3, 0.4) is 0 Å². The van der Waals surface area contributed by atoms with Crippen LogP contribution in [-0.2, 0) is 6.42 Å². The zero-order chi connectivity index (χ0) is 12.4. The highest BCUT2D eigenvalue weighted by Gasteiger charge is 2.11. The molecule has 1 unspecified atom stereocenters. The van der Waals surface area contributed by atoms with Gasteiger partial charge in [0.05, 0.1) is 0 Å². The first-order valence-corrected chi connectivity index (χ1v) is 6.76. The van der Waals surface area contributed by atoms with Crippen LogP contribution in [-0.4, -0.2) is 0 Å². The minimum absolute atomic E-state index is 0.120. The summed E-state index contributed by atoms with van der Waals surface area (Å²) in [6, 6.07) is 10.9. The Morgan fingerprint density at radius 2 is 1.94 bits per heavy atom. The van der Waals surface area contributed by atoms with Crippen molar-refractivity contribution in [1.29, 1.82) is 0 Å². The summed E-state index contributed by atoms with van der Waals surface area (Å²) in [7, 11) is 0. The molecule has 0 radical (unpaired) electrons. The number of hydrogen-bond acceptors (Lipinski definition) is 2. The second-order valence-corrected chi connectivity index (χ2v) is 5.98. The van der Waals surface area contributed by atoms with E-state index in [1.54, 1.807) is 0 Å². The average Bonchev–Trinajstić information content (AvgIpc) is 2.59. The average molecular weight is 245 g/mol. The molecule has 1 atom stereocenters. The van der Waals surface area contributed by atoms with E-state index in [2.05, 4.69) is 51.1 Å². The Balaban J connectivity index is 2.14. The van der Waals surface area contributed by atoms with Crippen molar-refractivity contribution in [2.45, 2.75) is 33.2 Å². The van der Waals surface area contributed by atoms with E-state index in [9.17, 15) is 0 Å². The number of hydrogen-bond donors (Lipinski definition) is 1. The largest absolute Gasteiger partial charge is 0.323 e. The molecule has 2 rings (SSSR count).